The fourth-order valence-electron chi connectivity index (χ4n) is 10.2. The van der Waals surface area contributed by atoms with Crippen molar-refractivity contribution in [3.8, 4) is 0 Å². The van der Waals surface area contributed by atoms with Crippen LogP contribution in [-0.4, -0.2) is 36.7 Å². The summed E-state index contributed by atoms with van der Waals surface area (Å²) in [5.74, 6) is 3.08. The highest BCUT2D eigenvalue weighted by Gasteiger charge is 2.44. The predicted octanol–water partition coefficient (Wildman–Crippen LogP) is 11.4. The van der Waals surface area contributed by atoms with Gasteiger partial charge in [-0.1, -0.05) is 104 Å². The number of nitrogens with zero attached hydrogens (tertiary/aromatic N) is 1. The molecular formula is C41H74N2O. The molecular weight excluding hydrogens is 536 g/mol. The summed E-state index contributed by atoms with van der Waals surface area (Å²) in [6.07, 6.45) is 39.0. The first-order valence-corrected chi connectivity index (χ1v) is 20.0. The minimum absolute atomic E-state index is 0.358. The molecule has 44 heavy (non-hydrogen) atoms. The summed E-state index contributed by atoms with van der Waals surface area (Å²) in [6.45, 7) is 14.2. The van der Waals surface area contributed by atoms with E-state index in [1.165, 1.54) is 161 Å². The molecule has 5 rings (SSSR count). The molecule has 0 radical (unpaired) electrons. The van der Waals surface area contributed by atoms with Gasteiger partial charge in [0.15, 0.2) is 0 Å². The molecule has 0 bridgehead atoms. The lowest BCUT2D eigenvalue weighted by Crippen LogP contribution is -2.42. The SMILES string of the molecule is CC1CC(C)(CCC2(C)CCN(CC3CC(C4(C)CCCCC=CCCCCCC4)NO3)CC2)CCCCCCCC2CC12. The number of likely N-dealkylation sites (tertiary alicyclic amines) is 1. The Bertz CT molecular complexity index is 863. The summed E-state index contributed by atoms with van der Waals surface area (Å²) in [5.41, 5.74) is 5.06. The third kappa shape index (κ3) is 10.6. The highest BCUT2D eigenvalue weighted by molar-refractivity contribution is 4.95. The maximum absolute atomic E-state index is 6.35. The predicted molar refractivity (Wildman–Crippen MR) is 189 cm³/mol. The first kappa shape index (κ1) is 34.9. The zero-order valence-corrected chi connectivity index (χ0v) is 30.0. The lowest BCUT2D eigenvalue weighted by Gasteiger charge is -2.43. The summed E-state index contributed by atoms with van der Waals surface area (Å²) >= 11 is 0. The third-order valence-corrected chi connectivity index (χ3v) is 13.9. The second-order valence-corrected chi connectivity index (χ2v) is 18.0. The number of allylic oxidation sites excluding steroid dienone is 2. The van der Waals surface area contributed by atoms with Crippen molar-refractivity contribution in [3.63, 3.8) is 0 Å². The van der Waals surface area contributed by atoms with E-state index in [-0.39, 0.29) is 0 Å². The van der Waals surface area contributed by atoms with Crippen molar-refractivity contribution in [2.75, 3.05) is 19.6 Å². The van der Waals surface area contributed by atoms with E-state index in [0.717, 1.165) is 24.3 Å². The van der Waals surface area contributed by atoms with Gasteiger partial charge in [0.25, 0.3) is 0 Å². The van der Waals surface area contributed by atoms with Crippen LogP contribution >= 0.6 is 0 Å². The van der Waals surface area contributed by atoms with Crippen LogP contribution in [0.15, 0.2) is 12.2 Å². The van der Waals surface area contributed by atoms with Crippen molar-refractivity contribution >= 4 is 0 Å². The molecule has 2 saturated heterocycles. The Balaban J connectivity index is 1.06. The molecule has 7 unspecified atom stereocenters. The lowest BCUT2D eigenvalue weighted by atomic mass is 9.67. The second kappa shape index (κ2) is 16.6. The van der Waals surface area contributed by atoms with Crippen molar-refractivity contribution in [3.05, 3.63) is 12.2 Å². The van der Waals surface area contributed by atoms with Gasteiger partial charge in [0.2, 0.25) is 0 Å². The zero-order chi connectivity index (χ0) is 30.9. The molecule has 0 aromatic carbocycles. The van der Waals surface area contributed by atoms with Gasteiger partial charge in [-0.3, -0.25) is 4.84 Å². The van der Waals surface area contributed by atoms with E-state index < -0.39 is 0 Å². The summed E-state index contributed by atoms with van der Waals surface area (Å²) in [4.78, 5) is 9.10. The molecule has 4 fully saturated rings. The Hall–Kier alpha value is -0.380. The van der Waals surface area contributed by atoms with E-state index >= 15 is 0 Å². The van der Waals surface area contributed by atoms with Crippen LogP contribution in [0, 0.1) is 34.0 Å². The maximum atomic E-state index is 6.35. The molecule has 3 heteroatoms. The summed E-state index contributed by atoms with van der Waals surface area (Å²) in [6, 6.07) is 0.517. The average molecular weight is 611 g/mol. The first-order valence-electron chi connectivity index (χ1n) is 20.0. The van der Waals surface area contributed by atoms with E-state index in [0.29, 0.717) is 28.4 Å². The number of piperidine rings is 1. The van der Waals surface area contributed by atoms with Crippen LogP contribution in [0.2, 0.25) is 0 Å². The van der Waals surface area contributed by atoms with Crippen molar-refractivity contribution in [1.82, 2.24) is 10.4 Å². The topological polar surface area (TPSA) is 24.5 Å². The normalized spacial score (nSPS) is 40.4. The highest BCUT2D eigenvalue weighted by atomic mass is 16.7. The maximum Gasteiger partial charge on any atom is 0.0932 e. The summed E-state index contributed by atoms with van der Waals surface area (Å²) in [7, 11) is 0. The first-order chi connectivity index (χ1) is 21.3. The molecule has 1 N–H and O–H groups in total. The smallest absolute Gasteiger partial charge is 0.0932 e. The summed E-state index contributed by atoms with van der Waals surface area (Å²) in [5, 5.41) is 0. The highest BCUT2D eigenvalue weighted by Crippen LogP contribution is 2.53. The van der Waals surface area contributed by atoms with E-state index in [1.54, 1.807) is 6.42 Å². The molecule has 7 atom stereocenters. The van der Waals surface area contributed by atoms with Gasteiger partial charge in [-0.25, -0.2) is 0 Å². The Morgan fingerprint density at radius 3 is 2.09 bits per heavy atom. The molecule has 254 valence electrons. The number of fused-ring (bicyclic) bond motifs is 1. The van der Waals surface area contributed by atoms with E-state index in [1.807, 2.05) is 0 Å². The van der Waals surface area contributed by atoms with Crippen LogP contribution in [0.3, 0.4) is 0 Å². The number of hydrogen-bond donors (Lipinski definition) is 1. The van der Waals surface area contributed by atoms with Crippen LogP contribution in [-0.2, 0) is 4.84 Å². The van der Waals surface area contributed by atoms with Crippen molar-refractivity contribution in [1.29, 1.82) is 0 Å². The Morgan fingerprint density at radius 1 is 0.705 bits per heavy atom. The number of hydrogen-bond acceptors (Lipinski definition) is 3. The van der Waals surface area contributed by atoms with Crippen LogP contribution in [0.1, 0.15) is 182 Å². The van der Waals surface area contributed by atoms with Gasteiger partial charge < -0.3 is 4.90 Å². The standard InChI is InChI=1S/C41H74N2O/c1-34-32-40(3,21-17-13-11-12-16-20-35-30-37(34)35)25-24-39(2)26-28-43(29-27-39)33-36-31-38(42-44-36)41(4)22-18-14-9-7-5-6-8-10-15-19-23-41/h5,7,34-38,42H,6,8-33H2,1-4H3. The molecule has 0 amide bonds. The Labute approximate surface area is 274 Å². The van der Waals surface area contributed by atoms with Crippen molar-refractivity contribution in [2.45, 2.75) is 194 Å². The molecule has 5 aliphatic rings. The van der Waals surface area contributed by atoms with Crippen LogP contribution in [0.4, 0.5) is 0 Å². The van der Waals surface area contributed by atoms with Gasteiger partial charge in [-0.15, -0.1) is 0 Å². The second-order valence-electron chi connectivity index (χ2n) is 18.0. The molecule has 0 aromatic heterocycles. The van der Waals surface area contributed by atoms with Gasteiger partial charge in [-0.2, -0.15) is 5.48 Å². The van der Waals surface area contributed by atoms with Crippen molar-refractivity contribution < 1.29 is 4.84 Å². The zero-order valence-electron chi connectivity index (χ0n) is 30.0. The molecule has 3 aliphatic carbocycles. The minimum atomic E-state index is 0.358. The van der Waals surface area contributed by atoms with Gasteiger partial charge >= 0.3 is 0 Å². The quantitative estimate of drug-likeness (QED) is 0.303. The van der Waals surface area contributed by atoms with Crippen LogP contribution < -0.4 is 5.48 Å². The van der Waals surface area contributed by atoms with E-state index in [2.05, 4.69) is 50.2 Å². The van der Waals surface area contributed by atoms with Crippen LogP contribution in [0.25, 0.3) is 0 Å². The third-order valence-electron chi connectivity index (χ3n) is 13.9. The van der Waals surface area contributed by atoms with Crippen LogP contribution in [0.5, 0.6) is 0 Å². The molecule has 2 heterocycles. The molecule has 0 aromatic rings. The molecule has 3 nitrogen and oxygen atoms in total. The number of hydroxylamine groups is 1. The molecule has 2 saturated carbocycles. The van der Waals surface area contributed by atoms with Gasteiger partial charge in [0.05, 0.1) is 6.10 Å². The van der Waals surface area contributed by atoms with Gasteiger partial charge in [0, 0.05) is 12.6 Å². The minimum Gasteiger partial charge on any atom is -0.301 e. The Kier molecular flexibility index (Phi) is 13.2. The van der Waals surface area contributed by atoms with E-state index in [4.69, 9.17) is 4.84 Å². The fourth-order valence-corrected chi connectivity index (χ4v) is 10.2. The van der Waals surface area contributed by atoms with Gasteiger partial charge in [0.1, 0.15) is 0 Å². The van der Waals surface area contributed by atoms with Crippen molar-refractivity contribution in [2.24, 2.45) is 34.0 Å². The molecule has 0 spiro atoms. The lowest BCUT2D eigenvalue weighted by molar-refractivity contribution is -0.0152. The summed E-state index contributed by atoms with van der Waals surface area (Å²) < 4.78 is 0. The largest absolute Gasteiger partial charge is 0.301 e. The van der Waals surface area contributed by atoms with E-state index in [9.17, 15) is 0 Å². The molecule has 2 aliphatic heterocycles. The monoisotopic (exact) mass is 611 g/mol. The van der Waals surface area contributed by atoms with Gasteiger partial charge in [-0.05, 0) is 137 Å². The number of nitrogens with one attached hydrogen (secondary N) is 1. The number of rotatable bonds is 6. The average Bonchev–Trinajstić information content (AvgIpc) is 3.62. The Morgan fingerprint density at radius 2 is 1.32 bits per heavy atom. The fraction of sp³-hybridized carbons (Fsp3) is 0.951.